The van der Waals surface area contributed by atoms with Gasteiger partial charge in [0, 0.05) is 12.4 Å². The maximum absolute atomic E-state index is 11.2. The molecule has 1 amide bonds. The van der Waals surface area contributed by atoms with Gasteiger partial charge in [0.25, 0.3) is 5.91 Å². The van der Waals surface area contributed by atoms with E-state index in [2.05, 4.69) is 9.98 Å². The van der Waals surface area contributed by atoms with Crippen molar-refractivity contribution in [1.82, 2.24) is 4.98 Å². The molecule has 7 heteroatoms. The third kappa shape index (κ3) is 2.76. The minimum absolute atomic E-state index is 0.0169. The highest BCUT2D eigenvalue weighted by Gasteiger charge is 2.09. The van der Waals surface area contributed by atoms with Crippen molar-refractivity contribution in [2.45, 2.75) is 0 Å². The first-order valence-corrected chi connectivity index (χ1v) is 3.83. The number of amides is 1. The van der Waals surface area contributed by atoms with Crippen molar-refractivity contribution >= 4 is 17.8 Å². The van der Waals surface area contributed by atoms with Gasteiger partial charge in [0.15, 0.2) is 5.96 Å². The van der Waals surface area contributed by atoms with Crippen molar-refractivity contribution in [3.05, 3.63) is 29.6 Å². The summed E-state index contributed by atoms with van der Waals surface area (Å²) in [5, 5.41) is 8.64. The van der Waals surface area contributed by atoms with Gasteiger partial charge in [-0.2, -0.15) is 4.99 Å². The Morgan fingerprint density at radius 2 is 1.87 bits per heavy atom. The Morgan fingerprint density at radius 3 is 2.40 bits per heavy atom. The summed E-state index contributed by atoms with van der Waals surface area (Å²) in [6.45, 7) is 0. The molecule has 0 bridgehead atoms. The Morgan fingerprint density at radius 1 is 1.27 bits per heavy atom. The fourth-order valence-electron chi connectivity index (χ4n) is 0.856. The molecular formula is C8H8N4O3. The lowest BCUT2D eigenvalue weighted by Gasteiger charge is -1.97. The predicted octanol–water partition coefficient (Wildman–Crippen LogP) is -0.807. The highest BCUT2D eigenvalue weighted by molar-refractivity contribution is 6.02. The fourth-order valence-corrected chi connectivity index (χ4v) is 0.856. The number of nitrogens with two attached hydrogens (primary N) is 2. The third-order valence-corrected chi connectivity index (χ3v) is 1.46. The lowest BCUT2D eigenvalue weighted by Crippen LogP contribution is -2.24. The third-order valence-electron chi connectivity index (χ3n) is 1.46. The first-order valence-electron chi connectivity index (χ1n) is 3.83. The zero-order valence-corrected chi connectivity index (χ0v) is 7.54. The van der Waals surface area contributed by atoms with E-state index in [1.807, 2.05) is 0 Å². The summed E-state index contributed by atoms with van der Waals surface area (Å²) >= 11 is 0. The van der Waals surface area contributed by atoms with Crippen LogP contribution in [0.5, 0.6) is 0 Å². The Labute approximate surface area is 84.4 Å². The lowest BCUT2D eigenvalue weighted by molar-refractivity contribution is 0.0696. The molecular weight excluding hydrogens is 200 g/mol. The second-order valence-electron chi connectivity index (χ2n) is 2.61. The van der Waals surface area contributed by atoms with Gasteiger partial charge in [-0.05, 0) is 6.07 Å². The number of pyridine rings is 1. The Balaban J connectivity index is 3.06. The summed E-state index contributed by atoms with van der Waals surface area (Å²) in [5.41, 5.74) is 9.91. The van der Waals surface area contributed by atoms with Gasteiger partial charge in [0.05, 0.1) is 11.1 Å². The van der Waals surface area contributed by atoms with Crippen LogP contribution in [0.15, 0.2) is 23.5 Å². The Bertz CT molecular complexity index is 437. The monoisotopic (exact) mass is 208 g/mol. The topological polar surface area (TPSA) is 132 Å². The molecule has 0 atom stereocenters. The number of hydrogen-bond acceptors (Lipinski definition) is 3. The number of aromatic carboxylic acids is 1. The van der Waals surface area contributed by atoms with Crippen molar-refractivity contribution in [1.29, 1.82) is 0 Å². The van der Waals surface area contributed by atoms with E-state index in [1.54, 1.807) is 0 Å². The molecule has 1 aromatic rings. The highest BCUT2D eigenvalue weighted by atomic mass is 16.4. The molecule has 0 saturated carbocycles. The van der Waals surface area contributed by atoms with E-state index < -0.39 is 11.9 Å². The van der Waals surface area contributed by atoms with Crippen LogP contribution in [0.3, 0.4) is 0 Å². The van der Waals surface area contributed by atoms with Crippen LogP contribution in [0, 0.1) is 0 Å². The van der Waals surface area contributed by atoms with Crippen LogP contribution < -0.4 is 11.5 Å². The van der Waals surface area contributed by atoms with Gasteiger partial charge in [0.2, 0.25) is 0 Å². The number of hydrogen-bond donors (Lipinski definition) is 3. The summed E-state index contributed by atoms with van der Waals surface area (Å²) in [5.74, 6) is -2.30. The van der Waals surface area contributed by atoms with Crippen molar-refractivity contribution < 1.29 is 14.7 Å². The van der Waals surface area contributed by atoms with Crippen LogP contribution >= 0.6 is 0 Å². The fraction of sp³-hybridized carbons (Fsp3) is 0. The number of carbonyl (C=O) groups is 2. The number of aliphatic imine (C=N–C) groups is 1. The molecule has 0 unspecified atom stereocenters. The van der Waals surface area contributed by atoms with E-state index in [9.17, 15) is 9.59 Å². The summed E-state index contributed by atoms with van der Waals surface area (Å²) in [6.07, 6.45) is 2.30. The van der Waals surface area contributed by atoms with E-state index in [1.165, 1.54) is 6.20 Å². The van der Waals surface area contributed by atoms with Gasteiger partial charge in [-0.1, -0.05) is 0 Å². The molecule has 0 radical (unpaired) electrons. The van der Waals surface area contributed by atoms with Crippen LogP contribution in [0.4, 0.5) is 0 Å². The molecule has 0 aromatic carbocycles. The zero-order valence-electron chi connectivity index (χ0n) is 7.54. The van der Waals surface area contributed by atoms with Crippen molar-refractivity contribution in [3.8, 4) is 0 Å². The number of carboxylic acid groups (broad SMARTS) is 1. The van der Waals surface area contributed by atoms with Gasteiger partial charge >= 0.3 is 5.97 Å². The van der Waals surface area contributed by atoms with E-state index in [0.29, 0.717) is 0 Å². The summed E-state index contributed by atoms with van der Waals surface area (Å²) in [4.78, 5) is 28.6. The van der Waals surface area contributed by atoms with Gasteiger partial charge in [-0.25, -0.2) is 4.79 Å². The van der Waals surface area contributed by atoms with Gasteiger partial charge in [-0.3, -0.25) is 9.78 Å². The predicted molar refractivity (Wildman–Crippen MR) is 51.3 cm³/mol. The summed E-state index contributed by atoms with van der Waals surface area (Å²) < 4.78 is 0. The molecule has 78 valence electrons. The summed E-state index contributed by atoms with van der Waals surface area (Å²) in [7, 11) is 0. The average molecular weight is 208 g/mol. The van der Waals surface area contributed by atoms with E-state index in [0.717, 1.165) is 12.3 Å². The number of carboxylic acids is 1. The molecule has 5 N–H and O–H groups in total. The van der Waals surface area contributed by atoms with Crippen LogP contribution in [0.25, 0.3) is 0 Å². The molecule has 1 aromatic heterocycles. The maximum Gasteiger partial charge on any atom is 0.337 e. The maximum atomic E-state index is 11.2. The molecule has 0 aliphatic rings. The molecule has 0 spiro atoms. The largest absolute Gasteiger partial charge is 0.478 e. The lowest BCUT2D eigenvalue weighted by atomic mass is 10.2. The minimum Gasteiger partial charge on any atom is -0.478 e. The van der Waals surface area contributed by atoms with Crippen molar-refractivity contribution in [3.63, 3.8) is 0 Å². The van der Waals surface area contributed by atoms with Gasteiger partial charge < -0.3 is 16.6 Å². The molecule has 0 fully saturated rings. The molecule has 1 heterocycles. The second kappa shape index (κ2) is 4.18. The van der Waals surface area contributed by atoms with E-state index >= 15 is 0 Å². The normalized spacial score (nSPS) is 9.33. The van der Waals surface area contributed by atoms with Crippen LogP contribution in [-0.2, 0) is 0 Å². The quantitative estimate of drug-likeness (QED) is 0.430. The molecule has 0 aliphatic heterocycles. The molecule has 1 rings (SSSR count). The molecule has 7 nitrogen and oxygen atoms in total. The second-order valence-corrected chi connectivity index (χ2v) is 2.61. The van der Waals surface area contributed by atoms with Crippen LogP contribution in [-0.4, -0.2) is 27.9 Å². The van der Waals surface area contributed by atoms with Crippen LogP contribution in [0.1, 0.15) is 20.7 Å². The Kier molecular flexibility index (Phi) is 2.97. The first-order chi connectivity index (χ1) is 7.00. The van der Waals surface area contributed by atoms with Gasteiger partial charge in [0.1, 0.15) is 0 Å². The van der Waals surface area contributed by atoms with E-state index in [4.69, 9.17) is 16.6 Å². The smallest absolute Gasteiger partial charge is 0.337 e. The number of rotatable bonds is 2. The van der Waals surface area contributed by atoms with Gasteiger partial charge in [-0.15, -0.1) is 0 Å². The first kappa shape index (κ1) is 10.6. The Hall–Kier alpha value is -2.44. The van der Waals surface area contributed by atoms with Crippen molar-refractivity contribution in [2.24, 2.45) is 16.5 Å². The number of guanidine groups is 1. The number of carbonyl (C=O) groups excluding carboxylic acids is 1. The average Bonchev–Trinajstić information content (AvgIpc) is 2.17. The van der Waals surface area contributed by atoms with Crippen LogP contribution in [0.2, 0.25) is 0 Å². The highest BCUT2D eigenvalue weighted by Crippen LogP contribution is 2.04. The SMILES string of the molecule is NC(N)=NC(=O)c1cncc(C(=O)O)c1. The molecule has 0 saturated heterocycles. The molecule has 0 aliphatic carbocycles. The standard InChI is InChI=1S/C8H8N4O3/c9-8(10)12-6(13)4-1-5(7(14)15)3-11-2-4/h1-3H,(H,14,15)(H4,9,10,12,13). The van der Waals surface area contributed by atoms with Crippen molar-refractivity contribution in [2.75, 3.05) is 0 Å². The summed E-state index contributed by atoms with van der Waals surface area (Å²) in [6, 6.07) is 1.14. The number of aromatic nitrogens is 1. The van der Waals surface area contributed by atoms with E-state index in [-0.39, 0.29) is 17.1 Å². The number of nitrogens with zero attached hydrogens (tertiary/aromatic N) is 2. The molecule has 15 heavy (non-hydrogen) atoms. The minimum atomic E-state index is -1.18. The zero-order chi connectivity index (χ0) is 11.4.